The van der Waals surface area contributed by atoms with Gasteiger partial charge in [-0.1, -0.05) is 25.1 Å². The van der Waals surface area contributed by atoms with Gasteiger partial charge in [0.15, 0.2) is 0 Å². The summed E-state index contributed by atoms with van der Waals surface area (Å²) in [4.78, 5) is 23.8. The van der Waals surface area contributed by atoms with Gasteiger partial charge in [0.1, 0.15) is 6.54 Å². The highest BCUT2D eigenvalue weighted by atomic mass is 16.2. The molecule has 104 valence electrons. The molecule has 4 nitrogen and oxygen atoms in total. The van der Waals surface area contributed by atoms with Gasteiger partial charge in [0.2, 0.25) is 5.91 Å². The highest BCUT2D eigenvalue weighted by Gasteiger charge is 2.06. The van der Waals surface area contributed by atoms with Crippen molar-refractivity contribution in [3.8, 4) is 0 Å². The third-order valence-electron chi connectivity index (χ3n) is 3.17. The third-order valence-corrected chi connectivity index (χ3v) is 3.17. The van der Waals surface area contributed by atoms with E-state index in [1.807, 2.05) is 24.3 Å². The van der Waals surface area contributed by atoms with Gasteiger partial charge < -0.3 is 9.88 Å². The zero-order valence-electron chi connectivity index (χ0n) is 11.7. The van der Waals surface area contributed by atoms with Gasteiger partial charge >= 0.3 is 0 Å². The minimum absolute atomic E-state index is 0.0239. The molecule has 1 aromatic heterocycles. The first-order valence-electron chi connectivity index (χ1n) is 6.65. The fraction of sp³-hybridized carbons (Fsp3) is 0.250. The SMILES string of the molecule is CCc1ccc(NC(=O)Cn2cccc(C)c2=O)cc1. The van der Waals surface area contributed by atoms with Crippen LogP contribution in [0, 0.1) is 6.92 Å². The first kappa shape index (κ1) is 14.1. The van der Waals surface area contributed by atoms with E-state index in [1.165, 1.54) is 10.1 Å². The number of amides is 1. The number of hydrogen-bond acceptors (Lipinski definition) is 2. The lowest BCUT2D eigenvalue weighted by Gasteiger charge is -2.08. The van der Waals surface area contributed by atoms with Crippen LogP contribution in [0.2, 0.25) is 0 Å². The molecule has 0 spiro atoms. The maximum Gasteiger partial charge on any atom is 0.253 e. The lowest BCUT2D eigenvalue weighted by Crippen LogP contribution is -2.28. The number of carbonyl (C=O) groups is 1. The second-order valence-corrected chi connectivity index (χ2v) is 4.72. The van der Waals surface area contributed by atoms with Crippen LogP contribution < -0.4 is 10.9 Å². The van der Waals surface area contributed by atoms with E-state index in [4.69, 9.17) is 0 Å². The van der Waals surface area contributed by atoms with Crippen molar-refractivity contribution in [1.29, 1.82) is 0 Å². The number of carbonyl (C=O) groups excluding carboxylic acids is 1. The van der Waals surface area contributed by atoms with Crippen molar-refractivity contribution in [1.82, 2.24) is 4.57 Å². The van der Waals surface area contributed by atoms with Crippen LogP contribution in [0.5, 0.6) is 0 Å². The zero-order valence-corrected chi connectivity index (χ0v) is 11.7. The van der Waals surface area contributed by atoms with E-state index in [1.54, 1.807) is 25.3 Å². The number of aromatic nitrogens is 1. The normalized spacial score (nSPS) is 10.3. The Bertz CT molecular complexity index is 657. The van der Waals surface area contributed by atoms with Gasteiger partial charge in [-0.15, -0.1) is 0 Å². The monoisotopic (exact) mass is 270 g/mol. The Balaban J connectivity index is 2.05. The third kappa shape index (κ3) is 3.35. The molecular formula is C16H18N2O2. The van der Waals surface area contributed by atoms with Crippen molar-refractivity contribution in [3.05, 3.63) is 64.1 Å². The van der Waals surface area contributed by atoms with Crippen LogP contribution in [0.3, 0.4) is 0 Å². The highest BCUT2D eigenvalue weighted by molar-refractivity contribution is 5.90. The largest absolute Gasteiger partial charge is 0.325 e. The summed E-state index contributed by atoms with van der Waals surface area (Å²) in [6.45, 7) is 3.84. The standard InChI is InChI=1S/C16H18N2O2/c1-3-13-6-8-14(9-7-13)17-15(19)11-18-10-4-5-12(2)16(18)20/h4-10H,3,11H2,1-2H3,(H,17,19). The zero-order chi connectivity index (χ0) is 14.5. The number of nitrogens with zero attached hydrogens (tertiary/aromatic N) is 1. The summed E-state index contributed by atoms with van der Waals surface area (Å²) in [5.74, 6) is -0.207. The first-order chi connectivity index (χ1) is 9.60. The summed E-state index contributed by atoms with van der Waals surface area (Å²) in [6.07, 6.45) is 2.59. The summed E-state index contributed by atoms with van der Waals surface area (Å²) < 4.78 is 1.41. The molecule has 0 radical (unpaired) electrons. The van der Waals surface area contributed by atoms with Crippen molar-refractivity contribution in [2.75, 3.05) is 5.32 Å². The minimum Gasteiger partial charge on any atom is -0.325 e. The van der Waals surface area contributed by atoms with E-state index in [-0.39, 0.29) is 18.0 Å². The number of pyridine rings is 1. The van der Waals surface area contributed by atoms with Gasteiger partial charge in [0.05, 0.1) is 0 Å². The van der Waals surface area contributed by atoms with Crippen molar-refractivity contribution >= 4 is 11.6 Å². The maximum atomic E-state index is 11.9. The fourth-order valence-electron chi connectivity index (χ4n) is 1.96. The first-order valence-corrected chi connectivity index (χ1v) is 6.65. The van der Waals surface area contributed by atoms with Crippen molar-refractivity contribution in [2.24, 2.45) is 0 Å². The molecule has 20 heavy (non-hydrogen) atoms. The van der Waals surface area contributed by atoms with E-state index >= 15 is 0 Å². The van der Waals surface area contributed by atoms with E-state index in [0.29, 0.717) is 5.56 Å². The molecule has 2 rings (SSSR count). The molecule has 1 N–H and O–H groups in total. The van der Waals surface area contributed by atoms with Crippen LogP contribution in [0.1, 0.15) is 18.1 Å². The maximum absolute atomic E-state index is 11.9. The van der Waals surface area contributed by atoms with E-state index in [0.717, 1.165) is 12.1 Å². The molecule has 0 bridgehead atoms. The predicted octanol–water partition coefficient (Wildman–Crippen LogP) is 2.36. The van der Waals surface area contributed by atoms with Crippen LogP contribution in [0.15, 0.2) is 47.4 Å². The van der Waals surface area contributed by atoms with Crippen LogP contribution in [0.25, 0.3) is 0 Å². The van der Waals surface area contributed by atoms with Gasteiger partial charge in [0, 0.05) is 17.4 Å². The Morgan fingerprint density at radius 2 is 1.90 bits per heavy atom. The minimum atomic E-state index is -0.207. The number of benzene rings is 1. The molecule has 0 aliphatic rings. The molecular weight excluding hydrogens is 252 g/mol. The van der Waals surface area contributed by atoms with Crippen molar-refractivity contribution in [2.45, 2.75) is 26.8 Å². The molecule has 1 aromatic carbocycles. The molecule has 1 heterocycles. The summed E-state index contributed by atoms with van der Waals surface area (Å²) >= 11 is 0. The Kier molecular flexibility index (Phi) is 4.35. The quantitative estimate of drug-likeness (QED) is 0.927. The molecule has 2 aromatic rings. The predicted molar refractivity (Wildman–Crippen MR) is 79.9 cm³/mol. The van der Waals surface area contributed by atoms with Crippen LogP contribution in [0.4, 0.5) is 5.69 Å². The summed E-state index contributed by atoms with van der Waals surface area (Å²) in [5.41, 5.74) is 2.46. The fourth-order valence-corrected chi connectivity index (χ4v) is 1.96. The van der Waals surface area contributed by atoms with Crippen molar-refractivity contribution < 1.29 is 4.79 Å². The Labute approximate surface area is 118 Å². The second-order valence-electron chi connectivity index (χ2n) is 4.72. The lowest BCUT2D eigenvalue weighted by molar-refractivity contribution is -0.116. The van der Waals surface area contributed by atoms with Gasteiger partial charge in [-0.25, -0.2) is 0 Å². The summed E-state index contributed by atoms with van der Waals surface area (Å²) in [7, 11) is 0. The molecule has 0 aliphatic carbocycles. The molecule has 0 fully saturated rings. The smallest absolute Gasteiger partial charge is 0.253 e. The molecule has 0 aliphatic heterocycles. The summed E-state index contributed by atoms with van der Waals surface area (Å²) in [5, 5.41) is 2.79. The number of hydrogen-bond donors (Lipinski definition) is 1. The van der Waals surface area contributed by atoms with Crippen LogP contribution in [-0.4, -0.2) is 10.5 Å². The highest BCUT2D eigenvalue weighted by Crippen LogP contribution is 2.09. The molecule has 4 heteroatoms. The Morgan fingerprint density at radius 1 is 1.20 bits per heavy atom. The van der Waals surface area contributed by atoms with Crippen LogP contribution in [-0.2, 0) is 17.8 Å². The summed E-state index contributed by atoms with van der Waals surface area (Å²) in [6, 6.07) is 11.2. The van der Waals surface area contributed by atoms with E-state index in [2.05, 4.69) is 12.2 Å². The number of aryl methyl sites for hydroxylation is 2. The number of anilines is 1. The number of rotatable bonds is 4. The topological polar surface area (TPSA) is 51.1 Å². The number of nitrogens with one attached hydrogen (secondary N) is 1. The van der Waals surface area contributed by atoms with Gasteiger partial charge in [-0.05, 0) is 37.1 Å². The molecule has 0 atom stereocenters. The molecule has 0 saturated heterocycles. The van der Waals surface area contributed by atoms with Gasteiger partial charge in [0.25, 0.3) is 5.56 Å². The van der Waals surface area contributed by atoms with Crippen molar-refractivity contribution in [3.63, 3.8) is 0 Å². The van der Waals surface area contributed by atoms with Gasteiger partial charge in [-0.3, -0.25) is 9.59 Å². The average molecular weight is 270 g/mol. The molecule has 0 unspecified atom stereocenters. The lowest BCUT2D eigenvalue weighted by atomic mass is 10.1. The Hall–Kier alpha value is -2.36. The van der Waals surface area contributed by atoms with E-state index < -0.39 is 0 Å². The van der Waals surface area contributed by atoms with Gasteiger partial charge in [-0.2, -0.15) is 0 Å². The molecule has 0 saturated carbocycles. The Morgan fingerprint density at radius 3 is 2.55 bits per heavy atom. The average Bonchev–Trinajstić information content (AvgIpc) is 2.45. The van der Waals surface area contributed by atoms with Crippen LogP contribution >= 0.6 is 0 Å². The second kappa shape index (κ2) is 6.19. The van der Waals surface area contributed by atoms with E-state index in [9.17, 15) is 9.59 Å². The molecule has 1 amide bonds.